The Kier molecular flexibility index (Phi) is 5.95. The van der Waals surface area contributed by atoms with Crippen molar-refractivity contribution >= 4 is 27.9 Å². The van der Waals surface area contributed by atoms with Gasteiger partial charge in [0.15, 0.2) is 0 Å². The van der Waals surface area contributed by atoms with Gasteiger partial charge in [-0.3, -0.25) is 4.79 Å². The first-order valence-electron chi connectivity index (χ1n) is 8.53. The summed E-state index contributed by atoms with van der Waals surface area (Å²) in [5.74, 6) is 0.735. The number of halogens is 1. The summed E-state index contributed by atoms with van der Waals surface area (Å²) >= 11 is 3.36. The Hall–Kier alpha value is -1.61. The highest BCUT2D eigenvalue weighted by atomic mass is 79.9. The predicted molar refractivity (Wildman–Crippen MR) is 92.8 cm³/mol. The topological polar surface area (TPSA) is 96.5 Å². The molecular weight excluding hydrogens is 392 g/mol. The molecule has 2 amide bonds. The van der Waals surface area contributed by atoms with Crippen LogP contribution in [0.3, 0.4) is 0 Å². The first-order valence-corrected chi connectivity index (χ1v) is 9.32. The van der Waals surface area contributed by atoms with Crippen LogP contribution in [0.4, 0.5) is 4.79 Å². The van der Waals surface area contributed by atoms with E-state index >= 15 is 0 Å². The van der Waals surface area contributed by atoms with Gasteiger partial charge in [0, 0.05) is 19.8 Å². The van der Waals surface area contributed by atoms with Crippen LogP contribution in [0, 0.1) is 5.92 Å². The number of carbonyl (C=O) groups is 2. The molecule has 2 saturated heterocycles. The molecule has 3 rings (SSSR count). The molecule has 0 aliphatic carbocycles. The van der Waals surface area contributed by atoms with E-state index in [2.05, 4.69) is 31.2 Å². The van der Waals surface area contributed by atoms with Crippen molar-refractivity contribution in [2.45, 2.75) is 37.8 Å². The maximum atomic E-state index is 13.2. The van der Waals surface area contributed by atoms with Gasteiger partial charge >= 0.3 is 6.09 Å². The van der Waals surface area contributed by atoms with Crippen LogP contribution in [0.1, 0.15) is 37.5 Å². The highest BCUT2D eigenvalue weighted by Gasteiger charge is 2.39. The van der Waals surface area contributed by atoms with E-state index in [1.54, 1.807) is 6.20 Å². The number of hydrogen-bond acceptors (Lipinski definition) is 5. The molecule has 9 heteroatoms. The molecule has 0 bridgehead atoms. The monoisotopic (exact) mass is 414 g/mol. The molecule has 2 fully saturated rings. The van der Waals surface area contributed by atoms with Crippen molar-refractivity contribution in [1.29, 1.82) is 0 Å². The number of nitrogens with one attached hydrogen (secondary N) is 2. The zero-order chi connectivity index (χ0) is 17.8. The molecule has 138 valence electrons. The molecule has 8 nitrogen and oxygen atoms in total. The zero-order valence-corrected chi connectivity index (χ0v) is 15.8. The zero-order valence-electron chi connectivity index (χ0n) is 14.2. The van der Waals surface area contributed by atoms with Crippen LogP contribution in [-0.4, -0.2) is 59.8 Å². The van der Waals surface area contributed by atoms with Crippen molar-refractivity contribution in [3.05, 3.63) is 16.6 Å². The molecule has 2 atom stereocenters. The molecule has 2 N–H and O–H groups in total. The third-order valence-electron chi connectivity index (χ3n) is 4.88. The van der Waals surface area contributed by atoms with Gasteiger partial charge in [-0.25, -0.2) is 9.78 Å². The second kappa shape index (κ2) is 8.18. The van der Waals surface area contributed by atoms with Crippen molar-refractivity contribution in [3.8, 4) is 0 Å². The van der Waals surface area contributed by atoms with Crippen molar-refractivity contribution < 1.29 is 19.1 Å². The average molecular weight is 415 g/mol. The maximum Gasteiger partial charge on any atom is 0.407 e. The number of alkyl carbamates (subject to hydrolysis) is 1. The molecule has 2 unspecified atom stereocenters. The number of rotatable bonds is 4. The Morgan fingerprint density at radius 3 is 2.84 bits per heavy atom. The minimum atomic E-state index is -0.602. The lowest BCUT2D eigenvalue weighted by molar-refractivity contribution is -0.136. The number of imidazole rings is 1. The minimum Gasteiger partial charge on any atom is -0.453 e. The normalized spacial score (nSPS) is 22.6. The minimum absolute atomic E-state index is 0.0462. The summed E-state index contributed by atoms with van der Waals surface area (Å²) in [5.41, 5.74) is 0. The van der Waals surface area contributed by atoms with Gasteiger partial charge in [-0.15, -0.1) is 0 Å². The Labute approximate surface area is 154 Å². The molecule has 2 aliphatic rings. The number of likely N-dealkylation sites (tertiary alicyclic amines) is 1. The Bertz CT molecular complexity index is 617. The summed E-state index contributed by atoms with van der Waals surface area (Å²) in [6, 6.07) is -0.698. The average Bonchev–Trinajstić information content (AvgIpc) is 3.28. The molecule has 0 spiro atoms. The number of methoxy groups -OCH3 is 1. The number of aromatic amines is 1. The maximum absolute atomic E-state index is 13.2. The van der Waals surface area contributed by atoms with E-state index in [9.17, 15) is 9.59 Å². The largest absolute Gasteiger partial charge is 0.453 e. The van der Waals surface area contributed by atoms with Crippen LogP contribution >= 0.6 is 15.9 Å². The number of nitrogens with zero attached hydrogens (tertiary/aromatic N) is 2. The molecule has 25 heavy (non-hydrogen) atoms. The number of aromatic nitrogens is 2. The van der Waals surface area contributed by atoms with Gasteiger partial charge in [-0.05, 0) is 47.5 Å². The summed E-state index contributed by atoms with van der Waals surface area (Å²) in [6.07, 6.45) is 4.36. The fourth-order valence-corrected chi connectivity index (χ4v) is 3.90. The lowest BCUT2D eigenvalue weighted by Crippen LogP contribution is -2.53. The Morgan fingerprint density at radius 2 is 2.20 bits per heavy atom. The van der Waals surface area contributed by atoms with E-state index in [1.807, 2.05) is 4.90 Å². The quantitative estimate of drug-likeness (QED) is 0.784. The van der Waals surface area contributed by atoms with Crippen LogP contribution in [0.5, 0.6) is 0 Å². The fourth-order valence-electron chi connectivity index (χ4n) is 3.59. The summed E-state index contributed by atoms with van der Waals surface area (Å²) in [7, 11) is 1.31. The fraction of sp³-hybridized carbons (Fsp3) is 0.688. The Morgan fingerprint density at radius 1 is 1.44 bits per heavy atom. The van der Waals surface area contributed by atoms with Gasteiger partial charge in [0.25, 0.3) is 0 Å². The van der Waals surface area contributed by atoms with Gasteiger partial charge in [0.2, 0.25) is 5.91 Å². The number of amides is 2. The predicted octanol–water partition coefficient (Wildman–Crippen LogP) is 1.99. The van der Waals surface area contributed by atoms with Gasteiger partial charge in [0.1, 0.15) is 16.5 Å². The lowest BCUT2D eigenvalue weighted by Gasteiger charge is -2.34. The molecule has 0 saturated carbocycles. The molecule has 0 radical (unpaired) electrons. The molecule has 1 aromatic rings. The van der Waals surface area contributed by atoms with E-state index < -0.39 is 12.1 Å². The van der Waals surface area contributed by atoms with Gasteiger partial charge < -0.3 is 24.7 Å². The van der Waals surface area contributed by atoms with Gasteiger partial charge in [0.05, 0.1) is 19.3 Å². The van der Waals surface area contributed by atoms with Crippen LogP contribution in [0.25, 0.3) is 0 Å². The van der Waals surface area contributed by atoms with Crippen LogP contribution in [0.15, 0.2) is 10.8 Å². The summed E-state index contributed by atoms with van der Waals surface area (Å²) in [6.45, 7) is 1.86. The van der Waals surface area contributed by atoms with Crippen molar-refractivity contribution in [3.63, 3.8) is 0 Å². The van der Waals surface area contributed by atoms with Crippen LogP contribution < -0.4 is 5.32 Å². The standard InChI is InChI=1S/C16H23BrN4O4/c1-24-16(23)20-13(10-4-7-25-8-5-10)15(22)21-6-2-3-11(21)14-18-9-12(17)19-14/h9-11,13H,2-8H2,1H3,(H,18,19)(H,20,23). The van der Waals surface area contributed by atoms with Gasteiger partial charge in [-0.2, -0.15) is 0 Å². The smallest absolute Gasteiger partial charge is 0.407 e. The second-order valence-electron chi connectivity index (χ2n) is 6.37. The summed E-state index contributed by atoms with van der Waals surface area (Å²) in [4.78, 5) is 34.4. The van der Waals surface area contributed by atoms with E-state index in [0.29, 0.717) is 19.8 Å². The van der Waals surface area contributed by atoms with Crippen LogP contribution in [-0.2, 0) is 14.3 Å². The van der Waals surface area contributed by atoms with E-state index in [4.69, 9.17) is 9.47 Å². The molecule has 3 heterocycles. The number of hydrogen-bond donors (Lipinski definition) is 2. The third-order valence-corrected chi connectivity index (χ3v) is 5.28. The third kappa shape index (κ3) is 4.14. The number of ether oxygens (including phenoxy) is 2. The highest BCUT2D eigenvalue weighted by Crippen LogP contribution is 2.33. The summed E-state index contributed by atoms with van der Waals surface area (Å²) < 4.78 is 10.9. The van der Waals surface area contributed by atoms with Gasteiger partial charge in [-0.1, -0.05) is 0 Å². The molecule has 1 aromatic heterocycles. The van der Waals surface area contributed by atoms with Crippen molar-refractivity contribution in [2.75, 3.05) is 26.9 Å². The summed E-state index contributed by atoms with van der Waals surface area (Å²) in [5, 5.41) is 2.74. The SMILES string of the molecule is COC(=O)NC(C(=O)N1CCCC1c1ncc(Br)[nH]1)C1CCOCC1. The first-order chi connectivity index (χ1) is 12.1. The number of H-pyrrole nitrogens is 1. The van der Waals surface area contributed by atoms with E-state index in [1.165, 1.54) is 7.11 Å². The van der Waals surface area contributed by atoms with E-state index in [-0.39, 0.29) is 17.9 Å². The Balaban J connectivity index is 1.78. The number of carbonyl (C=O) groups excluding carboxylic acids is 2. The second-order valence-corrected chi connectivity index (χ2v) is 7.22. The lowest BCUT2D eigenvalue weighted by atomic mass is 9.90. The van der Waals surface area contributed by atoms with Crippen molar-refractivity contribution in [1.82, 2.24) is 20.2 Å². The van der Waals surface area contributed by atoms with E-state index in [0.717, 1.165) is 36.1 Å². The molecule has 2 aliphatic heterocycles. The molecular formula is C16H23BrN4O4. The molecule has 0 aromatic carbocycles. The van der Waals surface area contributed by atoms with Crippen molar-refractivity contribution in [2.24, 2.45) is 5.92 Å². The highest BCUT2D eigenvalue weighted by molar-refractivity contribution is 9.10. The van der Waals surface area contributed by atoms with Crippen LogP contribution in [0.2, 0.25) is 0 Å². The first kappa shape index (κ1) is 18.2.